The van der Waals surface area contributed by atoms with E-state index in [1.165, 1.54) is 11.9 Å². The van der Waals surface area contributed by atoms with E-state index in [9.17, 15) is 27.1 Å². The Bertz CT molecular complexity index is 642. The monoisotopic (exact) mass is 382 g/mol. The number of hydrogen-bond acceptors (Lipinski definition) is 4. The standard InChI is InChI=1S/C16H19F5N2OS/c1-22-6-7-23(10-2-4-15(17,18)5-3-10)12-8-11(16(19,20)21)13(24)9-14(12)25-22/h8-10,24H,2-7H2,1H3. The lowest BCUT2D eigenvalue weighted by molar-refractivity contribution is -0.138. The first kappa shape index (κ1) is 18.6. The first-order chi connectivity index (χ1) is 11.6. The molecule has 0 aromatic heterocycles. The topological polar surface area (TPSA) is 26.7 Å². The lowest BCUT2D eigenvalue weighted by Gasteiger charge is -2.38. The number of anilines is 1. The molecule has 3 nitrogen and oxygen atoms in total. The van der Waals surface area contributed by atoms with E-state index in [0.717, 1.165) is 12.1 Å². The molecule has 0 radical (unpaired) electrons. The number of benzene rings is 1. The number of phenolic OH excluding ortho intramolecular Hbond substituents is 1. The average Bonchev–Trinajstić information content (AvgIpc) is 2.63. The summed E-state index contributed by atoms with van der Waals surface area (Å²) >= 11 is 1.25. The van der Waals surface area contributed by atoms with Crippen LogP contribution < -0.4 is 4.90 Å². The quantitative estimate of drug-likeness (QED) is 0.560. The number of likely N-dealkylation sites (N-methyl/N-ethyl adjacent to an activating group) is 1. The second kappa shape index (κ2) is 6.50. The molecular formula is C16H19F5N2OS. The van der Waals surface area contributed by atoms with Crippen LogP contribution in [-0.4, -0.2) is 41.5 Å². The molecule has 0 amide bonds. The maximum atomic E-state index is 13.4. The number of alkyl halides is 5. The van der Waals surface area contributed by atoms with Gasteiger partial charge in [0.2, 0.25) is 5.92 Å². The third-order valence-electron chi connectivity index (χ3n) is 4.73. The van der Waals surface area contributed by atoms with Gasteiger partial charge in [-0.25, -0.2) is 13.1 Å². The van der Waals surface area contributed by atoms with Crippen LogP contribution >= 0.6 is 11.9 Å². The molecule has 0 spiro atoms. The van der Waals surface area contributed by atoms with Crippen LogP contribution in [0, 0.1) is 0 Å². The molecule has 140 valence electrons. The van der Waals surface area contributed by atoms with Gasteiger partial charge < -0.3 is 10.0 Å². The second-order valence-corrected chi connectivity index (χ2v) is 7.80. The molecule has 0 saturated heterocycles. The van der Waals surface area contributed by atoms with Gasteiger partial charge in [-0.15, -0.1) is 0 Å². The van der Waals surface area contributed by atoms with Crippen LogP contribution in [-0.2, 0) is 6.18 Å². The fraction of sp³-hybridized carbons (Fsp3) is 0.625. The molecule has 1 saturated carbocycles. The van der Waals surface area contributed by atoms with E-state index in [4.69, 9.17) is 0 Å². The minimum absolute atomic E-state index is 0.226. The van der Waals surface area contributed by atoms with Crippen LogP contribution in [0.15, 0.2) is 17.0 Å². The summed E-state index contributed by atoms with van der Waals surface area (Å²) in [6.45, 7) is 1.03. The molecule has 0 bridgehead atoms. The summed E-state index contributed by atoms with van der Waals surface area (Å²) in [4.78, 5) is 2.30. The maximum absolute atomic E-state index is 13.4. The van der Waals surface area contributed by atoms with E-state index in [2.05, 4.69) is 0 Å². The number of nitrogens with zero attached hydrogens (tertiary/aromatic N) is 2. The van der Waals surface area contributed by atoms with Crippen molar-refractivity contribution >= 4 is 17.6 Å². The molecule has 1 aliphatic heterocycles. The van der Waals surface area contributed by atoms with Gasteiger partial charge in [0.25, 0.3) is 0 Å². The zero-order valence-corrected chi connectivity index (χ0v) is 14.4. The molecule has 9 heteroatoms. The summed E-state index contributed by atoms with van der Waals surface area (Å²) in [6.07, 6.45) is -4.70. The lowest BCUT2D eigenvalue weighted by atomic mass is 9.90. The van der Waals surface area contributed by atoms with E-state index in [0.29, 0.717) is 23.7 Å². The Morgan fingerprint density at radius 1 is 1.16 bits per heavy atom. The van der Waals surface area contributed by atoms with Crippen molar-refractivity contribution in [1.82, 2.24) is 4.31 Å². The third kappa shape index (κ3) is 3.97. The molecular weight excluding hydrogens is 363 g/mol. The number of rotatable bonds is 1. The highest BCUT2D eigenvalue weighted by Crippen LogP contribution is 2.46. The number of fused-ring (bicyclic) bond motifs is 1. The van der Waals surface area contributed by atoms with Crippen LogP contribution in [0.4, 0.5) is 27.6 Å². The van der Waals surface area contributed by atoms with Crippen molar-refractivity contribution in [3.63, 3.8) is 0 Å². The van der Waals surface area contributed by atoms with Crippen LogP contribution in [0.5, 0.6) is 5.75 Å². The van der Waals surface area contributed by atoms with Gasteiger partial charge in [0.05, 0.1) is 16.1 Å². The Hall–Kier alpha value is -1.22. The largest absolute Gasteiger partial charge is 0.507 e. The Morgan fingerprint density at radius 3 is 2.40 bits per heavy atom. The Kier molecular flexibility index (Phi) is 4.83. The summed E-state index contributed by atoms with van der Waals surface area (Å²) in [6, 6.07) is 1.84. The predicted octanol–water partition coefficient (Wildman–Crippen LogP) is 4.75. The molecule has 0 atom stereocenters. The molecule has 0 unspecified atom stereocenters. The van der Waals surface area contributed by atoms with Crippen molar-refractivity contribution < 1.29 is 27.1 Å². The smallest absolute Gasteiger partial charge is 0.420 e. The van der Waals surface area contributed by atoms with Crippen LogP contribution in [0.2, 0.25) is 0 Å². The summed E-state index contributed by atoms with van der Waals surface area (Å²) in [7, 11) is 1.81. The maximum Gasteiger partial charge on any atom is 0.420 e. The number of aromatic hydroxyl groups is 1. The molecule has 2 aliphatic rings. The molecule has 3 rings (SSSR count). The van der Waals surface area contributed by atoms with Gasteiger partial charge >= 0.3 is 6.18 Å². The van der Waals surface area contributed by atoms with Gasteiger partial charge in [-0.1, -0.05) is 0 Å². The molecule has 1 aromatic carbocycles. The fourth-order valence-corrected chi connectivity index (χ4v) is 4.32. The Morgan fingerprint density at radius 2 is 1.80 bits per heavy atom. The van der Waals surface area contributed by atoms with E-state index in [-0.39, 0.29) is 31.7 Å². The van der Waals surface area contributed by atoms with Crippen molar-refractivity contribution in [2.45, 2.75) is 48.7 Å². The van der Waals surface area contributed by atoms with E-state index >= 15 is 0 Å². The Labute approximate surface area is 146 Å². The average molecular weight is 382 g/mol. The lowest BCUT2D eigenvalue weighted by Crippen LogP contribution is -2.43. The van der Waals surface area contributed by atoms with Crippen LogP contribution in [0.1, 0.15) is 31.2 Å². The number of halogens is 5. The minimum Gasteiger partial charge on any atom is -0.507 e. The summed E-state index contributed by atoms with van der Waals surface area (Å²) in [5.41, 5.74) is -0.739. The SMILES string of the molecule is CN1CCN(C2CCC(F)(F)CC2)c2cc(C(F)(F)F)c(O)cc2S1. The summed E-state index contributed by atoms with van der Waals surface area (Å²) in [5, 5.41) is 9.78. The van der Waals surface area contributed by atoms with Crippen LogP contribution in [0.25, 0.3) is 0 Å². The zero-order valence-electron chi connectivity index (χ0n) is 13.6. The summed E-state index contributed by atoms with van der Waals surface area (Å²) in [5.74, 6) is -3.51. The van der Waals surface area contributed by atoms with E-state index < -0.39 is 23.4 Å². The van der Waals surface area contributed by atoms with Gasteiger partial charge in [0, 0.05) is 32.0 Å². The molecule has 1 fully saturated rings. The van der Waals surface area contributed by atoms with E-state index in [1.54, 1.807) is 4.90 Å². The van der Waals surface area contributed by atoms with Crippen molar-refractivity contribution in [1.29, 1.82) is 0 Å². The van der Waals surface area contributed by atoms with Crippen molar-refractivity contribution in [3.05, 3.63) is 17.7 Å². The molecule has 1 aromatic rings. The van der Waals surface area contributed by atoms with Gasteiger partial charge in [-0.3, -0.25) is 0 Å². The van der Waals surface area contributed by atoms with Crippen molar-refractivity contribution in [2.75, 3.05) is 25.0 Å². The first-order valence-corrected chi connectivity index (χ1v) is 8.82. The number of phenols is 1. The van der Waals surface area contributed by atoms with E-state index in [1.807, 2.05) is 11.4 Å². The van der Waals surface area contributed by atoms with Crippen molar-refractivity contribution in [2.24, 2.45) is 0 Å². The Balaban J connectivity index is 1.99. The van der Waals surface area contributed by atoms with Gasteiger partial charge in [-0.2, -0.15) is 13.2 Å². The first-order valence-electron chi connectivity index (χ1n) is 8.04. The molecule has 1 heterocycles. The normalized spacial score (nSPS) is 22.6. The molecule has 1 N–H and O–H groups in total. The third-order valence-corrected chi connectivity index (χ3v) is 5.75. The number of hydrogen-bond donors (Lipinski definition) is 1. The van der Waals surface area contributed by atoms with Gasteiger partial charge in [-0.05, 0) is 44.0 Å². The fourth-order valence-electron chi connectivity index (χ4n) is 3.38. The van der Waals surface area contributed by atoms with Gasteiger partial charge in [0.1, 0.15) is 5.75 Å². The highest BCUT2D eigenvalue weighted by molar-refractivity contribution is 7.97. The molecule has 1 aliphatic carbocycles. The van der Waals surface area contributed by atoms with Gasteiger partial charge in [0.15, 0.2) is 0 Å². The predicted molar refractivity (Wildman–Crippen MR) is 86.1 cm³/mol. The van der Waals surface area contributed by atoms with Crippen LogP contribution in [0.3, 0.4) is 0 Å². The highest BCUT2D eigenvalue weighted by atomic mass is 32.2. The second-order valence-electron chi connectivity index (χ2n) is 6.56. The van der Waals surface area contributed by atoms with Crippen molar-refractivity contribution in [3.8, 4) is 5.75 Å². The zero-order chi connectivity index (χ0) is 18.4. The minimum atomic E-state index is -4.67. The summed E-state index contributed by atoms with van der Waals surface area (Å²) < 4.78 is 68.3. The molecule has 25 heavy (non-hydrogen) atoms. The highest BCUT2D eigenvalue weighted by Gasteiger charge is 2.40.